The number of rotatable bonds is 7. The highest BCUT2D eigenvalue weighted by atomic mass is 32.2. The first kappa shape index (κ1) is 22.3. The topological polar surface area (TPSA) is 128 Å². The van der Waals surface area contributed by atoms with Gasteiger partial charge in [0.15, 0.2) is 21.9 Å². The van der Waals surface area contributed by atoms with Crippen LogP contribution in [0.1, 0.15) is 38.7 Å². The van der Waals surface area contributed by atoms with Crippen LogP contribution in [0.4, 0.5) is 5.95 Å². The van der Waals surface area contributed by atoms with E-state index in [0.29, 0.717) is 24.5 Å². The predicted octanol–water partition coefficient (Wildman–Crippen LogP) is 0.743. The van der Waals surface area contributed by atoms with E-state index in [9.17, 15) is 23.1 Å². The number of fused-ring (bicyclic) bond motifs is 1. The Balaban J connectivity index is 1.99. The number of imidazole rings is 1. The van der Waals surface area contributed by atoms with E-state index in [1.807, 2.05) is 0 Å². The zero-order valence-electron chi connectivity index (χ0n) is 18.0. The van der Waals surface area contributed by atoms with Gasteiger partial charge in [0, 0.05) is 13.1 Å². The first-order chi connectivity index (χ1) is 15.4. The summed E-state index contributed by atoms with van der Waals surface area (Å²) in [5.74, 6) is 0.328. The van der Waals surface area contributed by atoms with Crippen molar-refractivity contribution in [3.63, 3.8) is 0 Å². The SMILES string of the molecule is CCn1c(=O)c2c(nc(N[C@@H]3CCC[C@H]3O)n2Cc2ccccc2[SH](=O)=O)n(CC)c1=O. The number of nitrogens with one attached hydrogen (secondary N) is 1. The molecule has 0 bridgehead atoms. The van der Waals surface area contributed by atoms with Gasteiger partial charge >= 0.3 is 5.69 Å². The first-order valence-electron chi connectivity index (χ1n) is 10.8. The van der Waals surface area contributed by atoms with Gasteiger partial charge in [0.05, 0.1) is 23.6 Å². The van der Waals surface area contributed by atoms with E-state index in [2.05, 4.69) is 10.3 Å². The van der Waals surface area contributed by atoms with Gasteiger partial charge in [-0.05, 0) is 44.7 Å². The summed E-state index contributed by atoms with van der Waals surface area (Å²) < 4.78 is 27.8. The molecular weight excluding hydrogens is 434 g/mol. The summed E-state index contributed by atoms with van der Waals surface area (Å²) in [6, 6.07) is 6.33. The Morgan fingerprint density at radius 2 is 1.81 bits per heavy atom. The number of thiol groups is 1. The lowest BCUT2D eigenvalue weighted by Crippen LogP contribution is -2.40. The van der Waals surface area contributed by atoms with Crippen molar-refractivity contribution in [2.75, 3.05) is 5.32 Å². The van der Waals surface area contributed by atoms with Crippen molar-refractivity contribution in [2.45, 2.75) is 69.8 Å². The summed E-state index contributed by atoms with van der Waals surface area (Å²) >= 11 is 0. The minimum absolute atomic E-state index is 0.0714. The number of aryl methyl sites for hydroxylation is 1. The van der Waals surface area contributed by atoms with Crippen LogP contribution in [0.3, 0.4) is 0 Å². The van der Waals surface area contributed by atoms with Crippen molar-refractivity contribution in [3.8, 4) is 0 Å². The van der Waals surface area contributed by atoms with Crippen LogP contribution < -0.4 is 16.6 Å². The maximum atomic E-state index is 13.3. The fraction of sp³-hybridized carbons (Fsp3) is 0.476. The van der Waals surface area contributed by atoms with Gasteiger partial charge in [0.25, 0.3) is 5.56 Å². The van der Waals surface area contributed by atoms with Crippen molar-refractivity contribution in [3.05, 3.63) is 50.7 Å². The van der Waals surface area contributed by atoms with E-state index in [1.165, 1.54) is 10.6 Å². The van der Waals surface area contributed by atoms with Gasteiger partial charge in [0.1, 0.15) is 0 Å². The Hall–Kier alpha value is -2.92. The molecule has 1 aliphatic carbocycles. The number of anilines is 1. The molecule has 0 amide bonds. The summed E-state index contributed by atoms with van der Waals surface area (Å²) in [5.41, 5.74) is 0.0568. The minimum Gasteiger partial charge on any atom is -0.391 e. The zero-order chi connectivity index (χ0) is 23.0. The van der Waals surface area contributed by atoms with Gasteiger partial charge in [0.2, 0.25) is 5.95 Å². The molecular formula is C21H27N5O5S. The fourth-order valence-electron chi connectivity index (χ4n) is 4.39. The van der Waals surface area contributed by atoms with Crippen molar-refractivity contribution in [1.29, 1.82) is 0 Å². The van der Waals surface area contributed by atoms with Crippen molar-refractivity contribution in [1.82, 2.24) is 18.7 Å². The Morgan fingerprint density at radius 1 is 1.09 bits per heavy atom. The lowest BCUT2D eigenvalue weighted by Gasteiger charge is -2.18. The Morgan fingerprint density at radius 3 is 2.44 bits per heavy atom. The van der Waals surface area contributed by atoms with Gasteiger partial charge in [-0.1, -0.05) is 18.2 Å². The van der Waals surface area contributed by atoms with Crippen LogP contribution in [0.25, 0.3) is 11.2 Å². The third-order valence-corrected chi connectivity index (χ3v) is 6.89. The van der Waals surface area contributed by atoms with E-state index in [-0.39, 0.29) is 35.2 Å². The third-order valence-electron chi connectivity index (χ3n) is 6.06. The smallest absolute Gasteiger partial charge is 0.332 e. The normalized spacial score (nSPS) is 18.6. The molecule has 1 saturated carbocycles. The summed E-state index contributed by atoms with van der Waals surface area (Å²) in [6.45, 7) is 4.12. The van der Waals surface area contributed by atoms with E-state index < -0.39 is 28.1 Å². The second kappa shape index (κ2) is 8.91. The Bertz CT molecular complexity index is 1350. The van der Waals surface area contributed by atoms with Crippen molar-refractivity contribution in [2.24, 2.45) is 0 Å². The van der Waals surface area contributed by atoms with E-state index in [0.717, 1.165) is 17.4 Å². The molecule has 1 aliphatic rings. The molecule has 32 heavy (non-hydrogen) atoms. The van der Waals surface area contributed by atoms with Crippen LogP contribution in [0.5, 0.6) is 0 Å². The molecule has 2 atom stereocenters. The van der Waals surface area contributed by atoms with Gasteiger partial charge < -0.3 is 10.4 Å². The molecule has 0 unspecified atom stereocenters. The minimum atomic E-state index is -2.84. The summed E-state index contributed by atoms with van der Waals surface area (Å²) in [6.07, 6.45) is 1.72. The third kappa shape index (κ3) is 3.75. The van der Waals surface area contributed by atoms with Crippen LogP contribution in [0.15, 0.2) is 38.8 Å². The summed E-state index contributed by atoms with van der Waals surface area (Å²) in [4.78, 5) is 30.9. The molecule has 0 radical (unpaired) electrons. The maximum Gasteiger partial charge on any atom is 0.332 e. The van der Waals surface area contributed by atoms with Crippen LogP contribution >= 0.6 is 0 Å². The average Bonchev–Trinajstić information content (AvgIpc) is 3.33. The Labute approximate surface area is 186 Å². The molecule has 4 rings (SSSR count). The largest absolute Gasteiger partial charge is 0.391 e. The highest BCUT2D eigenvalue weighted by Crippen LogP contribution is 2.26. The molecule has 1 fully saturated rings. The van der Waals surface area contributed by atoms with E-state index >= 15 is 0 Å². The average molecular weight is 462 g/mol. The van der Waals surface area contributed by atoms with Gasteiger partial charge in [-0.2, -0.15) is 4.98 Å². The molecule has 10 nitrogen and oxygen atoms in total. The predicted molar refractivity (Wildman–Crippen MR) is 121 cm³/mol. The van der Waals surface area contributed by atoms with Gasteiger partial charge in [-0.15, -0.1) is 0 Å². The molecule has 0 saturated heterocycles. The number of nitrogens with zero attached hydrogens (tertiary/aromatic N) is 4. The van der Waals surface area contributed by atoms with Gasteiger partial charge in [-0.25, -0.2) is 13.2 Å². The molecule has 1 aromatic carbocycles. The van der Waals surface area contributed by atoms with Crippen LogP contribution in [0, 0.1) is 0 Å². The van der Waals surface area contributed by atoms with Crippen LogP contribution in [-0.4, -0.2) is 44.4 Å². The number of aliphatic hydroxyl groups is 1. The molecule has 172 valence electrons. The number of aromatic nitrogens is 4. The lowest BCUT2D eigenvalue weighted by atomic mass is 10.2. The second-order valence-corrected chi connectivity index (χ2v) is 8.90. The van der Waals surface area contributed by atoms with E-state index in [4.69, 9.17) is 0 Å². The molecule has 3 aromatic rings. The standard InChI is InChI=1S/C21H27N5O5S/c1-3-24-18-17(19(28)25(4-2)21(24)29)26(12-13-8-5-6-11-16(13)32(30)31)20(23-18)22-14-9-7-10-15(14)27/h5-6,8,11,14-15,27,32H,3-4,7,9-10,12H2,1-2H3,(H,22,23)/t14-,15-/m1/s1. The summed E-state index contributed by atoms with van der Waals surface area (Å²) in [7, 11) is -2.84. The maximum absolute atomic E-state index is 13.3. The monoisotopic (exact) mass is 461 g/mol. The number of aliphatic hydroxyl groups excluding tert-OH is 1. The van der Waals surface area contributed by atoms with Gasteiger partial charge in [-0.3, -0.25) is 18.5 Å². The zero-order valence-corrected chi connectivity index (χ0v) is 18.9. The van der Waals surface area contributed by atoms with Crippen LogP contribution in [-0.2, 0) is 30.3 Å². The lowest BCUT2D eigenvalue weighted by molar-refractivity contribution is 0.171. The quantitative estimate of drug-likeness (QED) is 0.443. The van der Waals surface area contributed by atoms with Crippen molar-refractivity contribution < 1.29 is 13.5 Å². The highest BCUT2D eigenvalue weighted by molar-refractivity contribution is 7.72. The number of benzene rings is 1. The molecule has 2 N–H and O–H groups in total. The van der Waals surface area contributed by atoms with Crippen LogP contribution in [0.2, 0.25) is 0 Å². The molecule has 0 aliphatic heterocycles. The highest BCUT2D eigenvalue weighted by Gasteiger charge is 2.28. The molecule has 0 spiro atoms. The summed E-state index contributed by atoms with van der Waals surface area (Å²) in [5, 5.41) is 13.5. The first-order valence-corrected chi connectivity index (χ1v) is 12.0. The molecule has 11 heteroatoms. The molecule has 2 heterocycles. The fourth-order valence-corrected chi connectivity index (χ4v) is 4.97. The Kier molecular flexibility index (Phi) is 6.20. The second-order valence-electron chi connectivity index (χ2n) is 7.90. The van der Waals surface area contributed by atoms with E-state index in [1.54, 1.807) is 36.6 Å². The number of hydrogen-bond donors (Lipinski definition) is 3. The molecule has 2 aromatic heterocycles. The van der Waals surface area contributed by atoms with Crippen molar-refractivity contribution >= 4 is 27.8 Å². The number of hydrogen-bond acceptors (Lipinski definition) is 7.